The number of anilines is 1. The lowest BCUT2D eigenvalue weighted by Gasteiger charge is -2.31. The molecule has 2 N–H and O–H groups in total. The molecule has 1 aliphatic heterocycles. The molecule has 0 radical (unpaired) electrons. The summed E-state index contributed by atoms with van der Waals surface area (Å²) in [6.07, 6.45) is 2.93. The van der Waals surface area contributed by atoms with Crippen molar-refractivity contribution >= 4 is 11.8 Å². The molecule has 0 atom stereocenters. The van der Waals surface area contributed by atoms with Gasteiger partial charge in [-0.3, -0.25) is 9.88 Å². The second-order valence-corrected chi connectivity index (χ2v) is 7.27. The van der Waals surface area contributed by atoms with Gasteiger partial charge in [0.25, 0.3) is 0 Å². The number of amides is 2. The first kappa shape index (κ1) is 17.1. The number of nitrogens with zero attached hydrogens (tertiary/aromatic N) is 5. The van der Waals surface area contributed by atoms with E-state index >= 15 is 0 Å². The summed E-state index contributed by atoms with van der Waals surface area (Å²) in [5, 5.41) is 17.2. The number of carbonyl (C=O) groups excluding carboxylic acids is 1. The Morgan fingerprint density at radius 3 is 2.48 bits per heavy atom. The average molecular weight is 345 g/mol. The van der Waals surface area contributed by atoms with Crippen LogP contribution < -0.4 is 11.0 Å². The molecular weight excluding hydrogens is 322 g/mol. The summed E-state index contributed by atoms with van der Waals surface area (Å²) >= 11 is 0. The maximum atomic E-state index is 12.4. The molecule has 0 saturated carbocycles. The Bertz CT molecular complexity index is 780. The van der Waals surface area contributed by atoms with Crippen LogP contribution in [0.5, 0.6) is 0 Å². The maximum absolute atomic E-state index is 12.4. The highest BCUT2D eigenvalue weighted by molar-refractivity contribution is 5.88. The van der Waals surface area contributed by atoms with Crippen molar-refractivity contribution in [3.63, 3.8) is 0 Å². The van der Waals surface area contributed by atoms with Crippen LogP contribution in [0.4, 0.5) is 10.6 Å². The van der Waals surface area contributed by atoms with Crippen LogP contribution >= 0.6 is 0 Å². The summed E-state index contributed by atoms with van der Waals surface area (Å²) in [6.45, 7) is 7.32. The van der Waals surface area contributed by atoms with E-state index < -0.39 is 0 Å². The molecule has 134 valence electrons. The highest BCUT2D eigenvalue weighted by Crippen LogP contribution is 2.22. The molecule has 2 aromatic heterocycles. The minimum atomic E-state index is -0.211. The van der Waals surface area contributed by atoms with Gasteiger partial charge >= 0.3 is 11.7 Å². The summed E-state index contributed by atoms with van der Waals surface area (Å²) in [5.41, 5.74) is 0.580. The topological polar surface area (TPSA) is 109 Å². The predicted molar refractivity (Wildman–Crippen MR) is 92.4 cm³/mol. The van der Waals surface area contributed by atoms with Gasteiger partial charge in [0, 0.05) is 24.5 Å². The van der Waals surface area contributed by atoms with Crippen LogP contribution in [0.15, 0.2) is 23.3 Å². The van der Waals surface area contributed by atoms with Gasteiger partial charge in [-0.15, -0.1) is 5.10 Å². The van der Waals surface area contributed by atoms with Crippen LogP contribution in [0.25, 0.3) is 0 Å². The van der Waals surface area contributed by atoms with Crippen molar-refractivity contribution in [1.82, 2.24) is 29.9 Å². The third kappa shape index (κ3) is 3.86. The van der Waals surface area contributed by atoms with Gasteiger partial charge in [0.05, 0.1) is 5.69 Å². The normalized spacial score (nSPS) is 16.0. The Hall–Kier alpha value is -2.71. The zero-order valence-electron chi connectivity index (χ0n) is 14.7. The number of likely N-dealkylation sites (tertiary alicyclic amines) is 1. The lowest BCUT2D eigenvalue weighted by atomic mass is 9.92. The Kier molecular flexibility index (Phi) is 4.56. The van der Waals surface area contributed by atoms with Crippen LogP contribution in [0, 0.1) is 0 Å². The molecule has 0 aliphatic carbocycles. The molecule has 9 heteroatoms. The van der Waals surface area contributed by atoms with Crippen molar-refractivity contribution in [1.29, 1.82) is 0 Å². The van der Waals surface area contributed by atoms with Gasteiger partial charge in [0.1, 0.15) is 6.33 Å². The molecule has 3 rings (SSSR count). The second-order valence-electron chi connectivity index (χ2n) is 7.27. The average Bonchev–Trinajstić information content (AvgIpc) is 3.01. The molecule has 2 aromatic rings. The van der Waals surface area contributed by atoms with Crippen molar-refractivity contribution in [2.75, 3.05) is 18.4 Å². The van der Waals surface area contributed by atoms with Gasteiger partial charge in [-0.25, -0.2) is 14.7 Å². The number of hydrogen-bond acceptors (Lipinski definition) is 5. The molecule has 1 saturated heterocycles. The van der Waals surface area contributed by atoms with E-state index in [1.807, 2.05) is 6.07 Å². The Morgan fingerprint density at radius 2 is 1.96 bits per heavy atom. The standard InChI is InChI=1S/C16H23N7O2/c1-16(2,3)12-4-5-13(20-19-12)18-14(24)22-8-6-11(7-9-22)23-10-17-21-15(23)25/h4-5,10-11H,6-9H2,1-3H3,(H,21,25)(H,18,20,24). The molecule has 1 fully saturated rings. The lowest BCUT2D eigenvalue weighted by Crippen LogP contribution is -2.42. The fourth-order valence-corrected chi connectivity index (χ4v) is 2.85. The van der Waals surface area contributed by atoms with E-state index in [1.165, 1.54) is 6.33 Å². The van der Waals surface area contributed by atoms with Gasteiger partial charge in [-0.05, 0) is 25.0 Å². The first-order valence-electron chi connectivity index (χ1n) is 8.36. The van der Waals surface area contributed by atoms with E-state index in [0.29, 0.717) is 31.7 Å². The quantitative estimate of drug-likeness (QED) is 0.858. The number of aromatic nitrogens is 5. The Morgan fingerprint density at radius 1 is 1.24 bits per heavy atom. The van der Waals surface area contributed by atoms with Crippen molar-refractivity contribution < 1.29 is 4.79 Å². The fourth-order valence-electron chi connectivity index (χ4n) is 2.85. The Balaban J connectivity index is 1.56. The molecule has 3 heterocycles. The van der Waals surface area contributed by atoms with Crippen LogP contribution in [0.1, 0.15) is 45.3 Å². The second kappa shape index (κ2) is 6.66. The van der Waals surface area contributed by atoms with Gasteiger partial charge in [0.2, 0.25) is 0 Å². The largest absolute Gasteiger partial charge is 0.343 e. The van der Waals surface area contributed by atoms with Gasteiger partial charge in [0.15, 0.2) is 5.82 Å². The summed E-state index contributed by atoms with van der Waals surface area (Å²) in [6, 6.07) is 3.51. The zero-order chi connectivity index (χ0) is 18.0. The van der Waals surface area contributed by atoms with Crippen molar-refractivity contribution in [3.8, 4) is 0 Å². The van der Waals surface area contributed by atoms with E-state index in [-0.39, 0.29) is 23.2 Å². The van der Waals surface area contributed by atoms with Crippen molar-refractivity contribution in [2.24, 2.45) is 0 Å². The molecule has 0 spiro atoms. The summed E-state index contributed by atoms with van der Waals surface area (Å²) < 4.78 is 1.59. The highest BCUT2D eigenvalue weighted by Gasteiger charge is 2.25. The van der Waals surface area contributed by atoms with Gasteiger partial charge in [-0.1, -0.05) is 20.8 Å². The van der Waals surface area contributed by atoms with E-state index in [4.69, 9.17) is 0 Å². The number of rotatable bonds is 2. The maximum Gasteiger partial charge on any atom is 0.343 e. The van der Waals surface area contributed by atoms with E-state index in [9.17, 15) is 9.59 Å². The van der Waals surface area contributed by atoms with E-state index in [2.05, 4.69) is 46.5 Å². The minimum Gasteiger partial charge on any atom is -0.324 e. The Labute approximate surface area is 145 Å². The summed E-state index contributed by atoms with van der Waals surface area (Å²) in [4.78, 5) is 25.7. The number of piperidine rings is 1. The van der Waals surface area contributed by atoms with Crippen molar-refractivity contribution in [3.05, 3.63) is 34.6 Å². The van der Waals surface area contributed by atoms with E-state index in [0.717, 1.165) is 5.69 Å². The number of urea groups is 1. The van der Waals surface area contributed by atoms with Crippen LogP contribution in [0.3, 0.4) is 0 Å². The molecule has 0 bridgehead atoms. The summed E-state index contributed by atoms with van der Waals surface area (Å²) in [7, 11) is 0. The first-order valence-corrected chi connectivity index (χ1v) is 8.36. The third-order valence-corrected chi connectivity index (χ3v) is 4.39. The van der Waals surface area contributed by atoms with Crippen molar-refractivity contribution in [2.45, 2.75) is 45.1 Å². The molecule has 9 nitrogen and oxygen atoms in total. The lowest BCUT2D eigenvalue weighted by molar-refractivity contribution is 0.183. The molecule has 1 aliphatic rings. The number of hydrogen-bond donors (Lipinski definition) is 2. The number of nitrogens with one attached hydrogen (secondary N) is 2. The number of H-pyrrole nitrogens is 1. The van der Waals surface area contributed by atoms with Gasteiger partial charge in [-0.2, -0.15) is 10.2 Å². The number of aromatic amines is 1. The molecule has 2 amide bonds. The van der Waals surface area contributed by atoms with Crippen LogP contribution in [0.2, 0.25) is 0 Å². The number of carbonyl (C=O) groups is 1. The van der Waals surface area contributed by atoms with Crippen LogP contribution in [-0.2, 0) is 5.41 Å². The predicted octanol–water partition coefficient (Wildman–Crippen LogP) is 1.53. The van der Waals surface area contributed by atoms with Crippen LogP contribution in [-0.4, -0.2) is 49.0 Å². The smallest absolute Gasteiger partial charge is 0.324 e. The molecule has 0 aromatic carbocycles. The fraction of sp³-hybridized carbons (Fsp3) is 0.562. The minimum absolute atomic E-state index is 0.0705. The van der Waals surface area contributed by atoms with Gasteiger partial charge < -0.3 is 4.90 Å². The summed E-state index contributed by atoms with van der Waals surface area (Å²) in [5.74, 6) is 0.436. The first-order chi connectivity index (χ1) is 11.8. The molecule has 25 heavy (non-hydrogen) atoms. The zero-order valence-corrected chi connectivity index (χ0v) is 14.7. The highest BCUT2D eigenvalue weighted by atomic mass is 16.2. The van der Waals surface area contributed by atoms with E-state index in [1.54, 1.807) is 15.5 Å². The third-order valence-electron chi connectivity index (χ3n) is 4.39. The molecular formula is C16H23N7O2. The monoisotopic (exact) mass is 345 g/mol. The molecule has 0 unspecified atom stereocenters. The SMILES string of the molecule is CC(C)(C)c1ccc(NC(=O)N2CCC(n3cn[nH]c3=O)CC2)nn1.